The Bertz CT molecular complexity index is 1100. The molecule has 0 amide bonds. The maximum absolute atomic E-state index is 13.3. The first-order valence-corrected chi connectivity index (χ1v) is 10.8. The van der Waals surface area contributed by atoms with Crippen molar-refractivity contribution in [1.29, 1.82) is 0 Å². The summed E-state index contributed by atoms with van der Waals surface area (Å²) in [5, 5.41) is 4.84. The number of hydrogen-bond donors (Lipinski definition) is 0. The molecule has 0 atom stereocenters. The first kappa shape index (κ1) is 19.0. The van der Waals surface area contributed by atoms with Crippen LogP contribution in [0.25, 0.3) is 10.9 Å². The van der Waals surface area contributed by atoms with Crippen LogP contribution in [0.3, 0.4) is 0 Å². The molecule has 7 nitrogen and oxygen atoms in total. The molecule has 1 fully saturated rings. The van der Waals surface area contributed by atoms with Crippen molar-refractivity contribution in [1.82, 2.24) is 19.3 Å². The van der Waals surface area contributed by atoms with E-state index in [0.29, 0.717) is 31.7 Å². The number of fused-ring (bicyclic) bond motifs is 1. The van der Waals surface area contributed by atoms with E-state index in [1.807, 2.05) is 32.9 Å². The van der Waals surface area contributed by atoms with E-state index in [9.17, 15) is 8.42 Å². The number of para-hydroxylation sites is 1. The number of pyridine rings is 1. The van der Waals surface area contributed by atoms with Crippen molar-refractivity contribution < 1.29 is 12.9 Å². The lowest BCUT2D eigenvalue weighted by Gasteiger charge is -2.34. The standard InChI is InChI=1S/C20H24N4O3S/c1-14-11-17-5-4-6-19(20(17)21-12-14)28(25,26)24-9-7-23(8-10-24)13-18-15(2)22-27-16(18)3/h4-6,11-12H,7-10,13H2,1-3H3. The fourth-order valence-corrected chi connectivity index (χ4v) is 5.26. The summed E-state index contributed by atoms with van der Waals surface area (Å²) >= 11 is 0. The lowest BCUT2D eigenvalue weighted by atomic mass is 10.2. The highest BCUT2D eigenvalue weighted by molar-refractivity contribution is 7.89. The van der Waals surface area contributed by atoms with E-state index in [2.05, 4.69) is 15.0 Å². The molecule has 2 aromatic heterocycles. The summed E-state index contributed by atoms with van der Waals surface area (Å²) in [4.78, 5) is 6.91. The van der Waals surface area contributed by atoms with Gasteiger partial charge in [-0.1, -0.05) is 17.3 Å². The number of hydrogen-bond acceptors (Lipinski definition) is 6. The van der Waals surface area contributed by atoms with Gasteiger partial charge in [0.2, 0.25) is 10.0 Å². The smallest absolute Gasteiger partial charge is 0.245 e. The number of sulfonamides is 1. The predicted molar refractivity (Wildman–Crippen MR) is 106 cm³/mol. The minimum Gasteiger partial charge on any atom is -0.361 e. The molecule has 0 saturated carbocycles. The van der Waals surface area contributed by atoms with Gasteiger partial charge < -0.3 is 4.52 Å². The molecule has 0 unspecified atom stereocenters. The maximum Gasteiger partial charge on any atom is 0.245 e. The second-order valence-corrected chi connectivity index (χ2v) is 9.23. The van der Waals surface area contributed by atoms with E-state index in [4.69, 9.17) is 4.52 Å². The van der Waals surface area contributed by atoms with Crippen LogP contribution in [0.5, 0.6) is 0 Å². The third-order valence-electron chi connectivity index (χ3n) is 5.32. The number of nitrogens with zero attached hydrogens (tertiary/aromatic N) is 4. The molecular weight excluding hydrogens is 376 g/mol. The summed E-state index contributed by atoms with van der Waals surface area (Å²) in [6.07, 6.45) is 1.71. The Labute approximate surface area is 165 Å². The molecule has 1 saturated heterocycles. The van der Waals surface area contributed by atoms with Gasteiger partial charge in [0.15, 0.2) is 0 Å². The Balaban J connectivity index is 1.53. The molecule has 0 aliphatic carbocycles. The van der Waals surface area contributed by atoms with E-state index in [1.165, 1.54) is 0 Å². The molecule has 8 heteroatoms. The van der Waals surface area contributed by atoms with E-state index < -0.39 is 10.0 Å². The van der Waals surface area contributed by atoms with Crippen LogP contribution in [0.15, 0.2) is 39.9 Å². The van der Waals surface area contributed by atoms with Crippen LogP contribution in [0.4, 0.5) is 0 Å². The van der Waals surface area contributed by atoms with Crippen LogP contribution in [-0.2, 0) is 16.6 Å². The van der Waals surface area contributed by atoms with Gasteiger partial charge in [0, 0.05) is 49.9 Å². The Kier molecular flexibility index (Phi) is 4.95. The van der Waals surface area contributed by atoms with Gasteiger partial charge in [-0.05, 0) is 38.5 Å². The number of aromatic nitrogens is 2. The van der Waals surface area contributed by atoms with Crippen molar-refractivity contribution in [3.8, 4) is 0 Å². The molecular formula is C20H24N4O3S. The maximum atomic E-state index is 13.3. The van der Waals surface area contributed by atoms with E-state index >= 15 is 0 Å². The minimum absolute atomic E-state index is 0.282. The number of benzene rings is 1. The van der Waals surface area contributed by atoms with E-state index in [0.717, 1.165) is 34.5 Å². The highest BCUT2D eigenvalue weighted by Gasteiger charge is 2.30. The summed E-state index contributed by atoms with van der Waals surface area (Å²) in [6, 6.07) is 7.29. The molecule has 3 aromatic rings. The van der Waals surface area contributed by atoms with Crippen molar-refractivity contribution in [3.63, 3.8) is 0 Å². The van der Waals surface area contributed by atoms with Gasteiger partial charge >= 0.3 is 0 Å². The van der Waals surface area contributed by atoms with E-state index in [1.54, 1.807) is 22.6 Å². The zero-order chi connectivity index (χ0) is 19.9. The van der Waals surface area contributed by atoms with Gasteiger partial charge in [-0.25, -0.2) is 8.42 Å². The summed E-state index contributed by atoms with van der Waals surface area (Å²) < 4.78 is 33.3. The van der Waals surface area contributed by atoms with Crippen molar-refractivity contribution in [3.05, 3.63) is 53.0 Å². The molecule has 3 heterocycles. The van der Waals surface area contributed by atoms with Crippen molar-refractivity contribution in [2.45, 2.75) is 32.2 Å². The molecule has 1 aromatic carbocycles. The highest BCUT2D eigenvalue weighted by atomic mass is 32.2. The number of rotatable bonds is 4. The van der Waals surface area contributed by atoms with Crippen LogP contribution >= 0.6 is 0 Å². The highest BCUT2D eigenvalue weighted by Crippen LogP contribution is 2.26. The third kappa shape index (κ3) is 3.43. The average molecular weight is 401 g/mol. The molecule has 0 radical (unpaired) electrons. The Hall–Kier alpha value is -2.29. The first-order chi connectivity index (χ1) is 13.4. The van der Waals surface area contributed by atoms with Crippen molar-refractivity contribution in [2.24, 2.45) is 0 Å². The van der Waals surface area contributed by atoms with Crippen LogP contribution in [0, 0.1) is 20.8 Å². The van der Waals surface area contributed by atoms with Gasteiger partial charge in [-0.2, -0.15) is 4.31 Å². The molecule has 0 bridgehead atoms. The lowest BCUT2D eigenvalue weighted by Crippen LogP contribution is -2.48. The van der Waals surface area contributed by atoms with Gasteiger partial charge in [0.1, 0.15) is 10.7 Å². The predicted octanol–water partition coefficient (Wildman–Crippen LogP) is 2.65. The van der Waals surface area contributed by atoms with E-state index in [-0.39, 0.29) is 4.90 Å². The average Bonchev–Trinajstić information content (AvgIpc) is 2.99. The molecule has 1 aliphatic heterocycles. The van der Waals surface area contributed by atoms with Crippen molar-refractivity contribution in [2.75, 3.05) is 26.2 Å². The number of aryl methyl sites for hydroxylation is 3. The molecule has 0 spiro atoms. The summed E-state index contributed by atoms with van der Waals surface area (Å²) in [5.41, 5.74) is 3.52. The fourth-order valence-electron chi connectivity index (χ4n) is 3.67. The quantitative estimate of drug-likeness (QED) is 0.670. The second kappa shape index (κ2) is 7.27. The van der Waals surface area contributed by atoms with Crippen LogP contribution in [0.2, 0.25) is 0 Å². The zero-order valence-electron chi connectivity index (χ0n) is 16.3. The fraction of sp³-hybridized carbons (Fsp3) is 0.400. The van der Waals surface area contributed by atoms with Crippen molar-refractivity contribution >= 4 is 20.9 Å². The molecule has 148 valence electrons. The van der Waals surface area contributed by atoms with Gasteiger partial charge in [0.25, 0.3) is 0 Å². The first-order valence-electron chi connectivity index (χ1n) is 9.36. The Morgan fingerprint density at radius 2 is 1.86 bits per heavy atom. The topological polar surface area (TPSA) is 79.5 Å². The molecule has 4 rings (SSSR count). The van der Waals surface area contributed by atoms with Gasteiger partial charge in [-0.15, -0.1) is 0 Å². The normalized spacial score (nSPS) is 16.7. The van der Waals surface area contributed by atoms with Crippen LogP contribution < -0.4 is 0 Å². The van der Waals surface area contributed by atoms with Gasteiger partial charge in [-0.3, -0.25) is 9.88 Å². The molecule has 1 aliphatic rings. The lowest BCUT2D eigenvalue weighted by molar-refractivity contribution is 0.180. The number of piperazine rings is 1. The summed E-state index contributed by atoms with van der Waals surface area (Å²) in [5.74, 6) is 0.824. The zero-order valence-corrected chi connectivity index (χ0v) is 17.2. The summed E-state index contributed by atoms with van der Waals surface area (Å²) in [7, 11) is -3.59. The molecule has 0 N–H and O–H groups in total. The monoisotopic (exact) mass is 400 g/mol. The Morgan fingerprint density at radius 3 is 2.54 bits per heavy atom. The largest absolute Gasteiger partial charge is 0.361 e. The van der Waals surface area contributed by atoms with Gasteiger partial charge in [0.05, 0.1) is 11.2 Å². The third-order valence-corrected chi connectivity index (χ3v) is 7.25. The van der Waals surface area contributed by atoms with Crippen LogP contribution in [0.1, 0.15) is 22.6 Å². The Morgan fingerprint density at radius 1 is 1.11 bits per heavy atom. The minimum atomic E-state index is -3.59. The summed E-state index contributed by atoms with van der Waals surface area (Å²) in [6.45, 7) is 8.76. The molecule has 28 heavy (non-hydrogen) atoms. The van der Waals surface area contributed by atoms with Crippen LogP contribution in [-0.4, -0.2) is 53.9 Å². The second-order valence-electron chi connectivity index (χ2n) is 7.32. The SMILES string of the molecule is Cc1cnc2c(S(=O)(=O)N3CCN(Cc4c(C)noc4C)CC3)cccc2c1.